The van der Waals surface area contributed by atoms with Crippen LogP contribution in [-0.4, -0.2) is 49.9 Å². The number of aromatic amines is 1. The summed E-state index contributed by atoms with van der Waals surface area (Å²) in [7, 11) is 0. The van der Waals surface area contributed by atoms with Crippen LogP contribution in [0.5, 0.6) is 0 Å². The molecule has 0 aliphatic rings. The molecule has 1 heterocycles. The van der Waals surface area contributed by atoms with Gasteiger partial charge in [0.15, 0.2) is 6.10 Å². The third-order valence-corrected chi connectivity index (χ3v) is 2.66. The third kappa shape index (κ3) is 5.01. The Bertz CT molecular complexity index is 562. The molecule has 2 atom stereocenters. The van der Waals surface area contributed by atoms with Crippen molar-refractivity contribution in [3.05, 3.63) is 29.6 Å². The number of aliphatic hydroxyl groups is 1. The molecule has 21 heavy (non-hydrogen) atoms. The van der Waals surface area contributed by atoms with Gasteiger partial charge in [-0.3, -0.25) is 9.59 Å². The summed E-state index contributed by atoms with van der Waals surface area (Å²) in [5.74, 6) is -2.81. The Morgan fingerprint density at radius 1 is 1.48 bits per heavy atom. The Morgan fingerprint density at radius 2 is 2.19 bits per heavy atom. The lowest BCUT2D eigenvalue weighted by Crippen LogP contribution is -2.43. The Morgan fingerprint density at radius 3 is 2.71 bits per heavy atom. The van der Waals surface area contributed by atoms with Crippen molar-refractivity contribution in [1.29, 1.82) is 0 Å². The first-order valence-corrected chi connectivity index (χ1v) is 6.00. The second-order valence-electron chi connectivity index (χ2n) is 4.18. The maximum absolute atomic E-state index is 11.7. The van der Waals surface area contributed by atoms with E-state index in [-0.39, 0.29) is 18.5 Å². The average Bonchev–Trinajstić information content (AvgIpc) is 2.96. The number of carbonyl (C=O) groups is 3. The lowest BCUT2D eigenvalue weighted by Gasteiger charge is -2.16. The molecular weight excluding hydrogens is 280 g/mol. The van der Waals surface area contributed by atoms with Crippen LogP contribution in [0.1, 0.15) is 24.6 Å². The Labute approximate surface area is 119 Å². The zero-order chi connectivity index (χ0) is 15.8. The molecular formula is C12H14N4O5. The van der Waals surface area contributed by atoms with E-state index in [0.717, 1.165) is 0 Å². The van der Waals surface area contributed by atoms with Gasteiger partial charge in [-0.1, -0.05) is 0 Å². The summed E-state index contributed by atoms with van der Waals surface area (Å²) in [6.45, 7) is 0. The minimum Gasteiger partial charge on any atom is -0.480 e. The number of nitrogens with zero attached hydrogens (tertiary/aromatic N) is 2. The van der Waals surface area contributed by atoms with Gasteiger partial charge < -0.3 is 26.0 Å². The summed E-state index contributed by atoms with van der Waals surface area (Å²) >= 11 is 0. The molecule has 0 saturated carbocycles. The number of carboxylic acids is 1. The van der Waals surface area contributed by atoms with Crippen LogP contribution in [0, 0.1) is 0 Å². The molecule has 4 N–H and O–H groups in total. The molecule has 0 spiro atoms. The van der Waals surface area contributed by atoms with Gasteiger partial charge in [-0.2, -0.15) is 4.79 Å². The number of aromatic nitrogens is 1. The van der Waals surface area contributed by atoms with Crippen LogP contribution < -0.4 is 5.32 Å². The van der Waals surface area contributed by atoms with E-state index < -0.39 is 29.8 Å². The number of rotatable bonds is 8. The van der Waals surface area contributed by atoms with Gasteiger partial charge in [-0.05, 0) is 18.6 Å². The largest absolute Gasteiger partial charge is 0.480 e. The van der Waals surface area contributed by atoms with Crippen LogP contribution in [0.3, 0.4) is 0 Å². The average molecular weight is 294 g/mol. The lowest BCUT2D eigenvalue weighted by atomic mass is 10.1. The molecule has 9 heteroatoms. The summed E-state index contributed by atoms with van der Waals surface area (Å²) in [4.78, 5) is 39.0. The van der Waals surface area contributed by atoms with Crippen LogP contribution in [0.2, 0.25) is 0 Å². The van der Waals surface area contributed by atoms with Crippen molar-refractivity contribution in [3.8, 4) is 0 Å². The lowest BCUT2D eigenvalue weighted by molar-refractivity contribution is -0.143. The number of amides is 1. The maximum atomic E-state index is 11.7. The quantitative estimate of drug-likeness (QED) is 0.282. The molecule has 1 aromatic rings. The van der Waals surface area contributed by atoms with Gasteiger partial charge in [0.2, 0.25) is 5.78 Å². The van der Waals surface area contributed by atoms with E-state index in [0.29, 0.717) is 6.21 Å². The molecule has 0 bridgehead atoms. The summed E-state index contributed by atoms with van der Waals surface area (Å²) < 4.78 is 0. The van der Waals surface area contributed by atoms with E-state index in [4.69, 9.17) is 10.6 Å². The summed E-state index contributed by atoms with van der Waals surface area (Å²) in [6.07, 6.45) is 0.210. The van der Waals surface area contributed by atoms with Crippen LogP contribution >= 0.6 is 0 Å². The number of aliphatic hydroxyl groups excluding tert-OH is 1. The van der Waals surface area contributed by atoms with Crippen molar-refractivity contribution in [2.24, 2.45) is 0 Å². The fraction of sp³-hybridized carbons (Fsp3) is 0.333. The number of ketones is 1. The standard InChI is InChI=1S/C12H14N4O5/c13-15-6-7(17)3-4-9(12(20)21)16-11(19)10(18)8-2-1-5-14-8/h1-2,5-6,9-10,14,18H,3-4H2,(H,16,19)(H,20,21)/t9-,10-/m0/s1. The smallest absolute Gasteiger partial charge is 0.326 e. The molecule has 0 fully saturated rings. The number of aliphatic carboxylic acids is 1. The number of Topliss-reactive ketones (excluding diaryl/α,β-unsaturated/α-hetero) is 1. The highest BCUT2D eigenvalue weighted by Crippen LogP contribution is 2.10. The fourth-order valence-corrected chi connectivity index (χ4v) is 1.58. The number of hydrogen-bond acceptors (Lipinski definition) is 4. The van der Waals surface area contributed by atoms with Crippen molar-refractivity contribution in [3.63, 3.8) is 0 Å². The second-order valence-corrected chi connectivity index (χ2v) is 4.18. The third-order valence-electron chi connectivity index (χ3n) is 2.66. The van der Waals surface area contributed by atoms with Crippen molar-refractivity contribution >= 4 is 23.9 Å². The van der Waals surface area contributed by atoms with Gasteiger partial charge in [0, 0.05) is 12.6 Å². The highest BCUT2D eigenvalue weighted by atomic mass is 16.4. The molecule has 0 aliphatic carbocycles. The van der Waals surface area contributed by atoms with Gasteiger partial charge in [-0.25, -0.2) is 4.79 Å². The summed E-state index contributed by atoms with van der Waals surface area (Å²) in [6, 6.07) is 1.72. The van der Waals surface area contributed by atoms with Gasteiger partial charge >= 0.3 is 12.2 Å². The van der Waals surface area contributed by atoms with Gasteiger partial charge in [0.1, 0.15) is 6.04 Å². The molecule has 0 saturated heterocycles. The normalized spacial score (nSPS) is 12.8. The SMILES string of the molecule is [N-]=[N+]=CC(=O)CC[C@H](NC(=O)[C@@H](O)c1ccc[nH]1)C(=O)O. The molecule has 0 radical (unpaired) electrons. The first kappa shape index (κ1) is 16.3. The number of hydrogen-bond donors (Lipinski definition) is 4. The van der Waals surface area contributed by atoms with Gasteiger partial charge in [0.25, 0.3) is 5.91 Å². The van der Waals surface area contributed by atoms with Crippen LogP contribution in [-0.2, 0) is 14.4 Å². The van der Waals surface area contributed by atoms with E-state index in [1.165, 1.54) is 12.3 Å². The summed E-state index contributed by atoms with van der Waals surface area (Å²) in [5, 5.41) is 20.8. The fourth-order valence-electron chi connectivity index (χ4n) is 1.58. The monoisotopic (exact) mass is 294 g/mol. The van der Waals surface area contributed by atoms with E-state index in [1.54, 1.807) is 6.07 Å². The molecule has 1 rings (SSSR count). The molecule has 1 aromatic heterocycles. The van der Waals surface area contributed by atoms with E-state index >= 15 is 0 Å². The number of nitrogens with one attached hydrogen (secondary N) is 2. The molecule has 0 aromatic carbocycles. The van der Waals surface area contributed by atoms with Crippen molar-refractivity contribution in [2.75, 3.05) is 0 Å². The minimum absolute atomic E-state index is 0.191. The topological polar surface area (TPSA) is 156 Å². The minimum atomic E-state index is -1.53. The number of carbonyl (C=O) groups excluding carboxylic acids is 2. The molecule has 1 amide bonds. The predicted molar refractivity (Wildman–Crippen MR) is 69.2 cm³/mol. The molecule has 9 nitrogen and oxygen atoms in total. The highest BCUT2D eigenvalue weighted by Gasteiger charge is 2.26. The zero-order valence-corrected chi connectivity index (χ0v) is 10.9. The molecule has 112 valence electrons. The van der Waals surface area contributed by atoms with E-state index in [1.807, 2.05) is 0 Å². The van der Waals surface area contributed by atoms with Crippen LogP contribution in [0.4, 0.5) is 0 Å². The second kappa shape index (κ2) is 7.73. The van der Waals surface area contributed by atoms with Crippen LogP contribution in [0.25, 0.3) is 5.53 Å². The Kier molecular flexibility index (Phi) is 5.99. The first-order chi connectivity index (χ1) is 9.95. The first-order valence-electron chi connectivity index (χ1n) is 6.00. The highest BCUT2D eigenvalue weighted by molar-refractivity contribution is 6.25. The van der Waals surface area contributed by atoms with Crippen molar-refractivity contribution < 1.29 is 29.4 Å². The number of carboxylic acid groups (broad SMARTS) is 1. The Hall–Kier alpha value is -2.77. The van der Waals surface area contributed by atoms with Crippen LogP contribution in [0.15, 0.2) is 18.3 Å². The van der Waals surface area contributed by atoms with Crippen molar-refractivity contribution in [1.82, 2.24) is 10.3 Å². The van der Waals surface area contributed by atoms with Gasteiger partial charge in [0.05, 0.1) is 5.69 Å². The summed E-state index contributed by atoms with van der Waals surface area (Å²) in [5.41, 5.74) is 8.38. The maximum Gasteiger partial charge on any atom is 0.326 e. The predicted octanol–water partition coefficient (Wildman–Crippen LogP) is -0.733. The molecule has 0 unspecified atom stereocenters. The van der Waals surface area contributed by atoms with Crippen molar-refractivity contribution in [2.45, 2.75) is 25.0 Å². The van der Waals surface area contributed by atoms with E-state index in [9.17, 15) is 19.5 Å². The molecule has 0 aliphatic heterocycles. The van der Waals surface area contributed by atoms with E-state index in [2.05, 4.69) is 15.1 Å². The van der Waals surface area contributed by atoms with Gasteiger partial charge in [-0.15, -0.1) is 0 Å². The Balaban J connectivity index is 2.61. The number of H-pyrrole nitrogens is 1. The zero-order valence-electron chi connectivity index (χ0n) is 10.9.